The highest BCUT2D eigenvalue weighted by molar-refractivity contribution is 5.94. The minimum absolute atomic E-state index is 0. The number of carbonyl (C=O) groups is 1. The van der Waals surface area contributed by atoms with Crippen LogP contribution in [-0.4, -0.2) is 34.9 Å². The fraction of sp³-hybridized carbons (Fsp3) is 0.400. The number of benzene rings is 1. The average molecular weight is 414 g/mol. The Labute approximate surface area is 168 Å². The van der Waals surface area contributed by atoms with Gasteiger partial charge in [-0.05, 0) is 68.8 Å². The van der Waals surface area contributed by atoms with Gasteiger partial charge in [0.25, 0.3) is 5.91 Å². The molecule has 0 aliphatic carbocycles. The molecule has 1 saturated heterocycles. The van der Waals surface area contributed by atoms with E-state index in [1.807, 2.05) is 12.1 Å². The summed E-state index contributed by atoms with van der Waals surface area (Å²) in [6, 6.07) is 9.97. The van der Waals surface area contributed by atoms with Crippen molar-refractivity contribution in [1.29, 1.82) is 0 Å². The average Bonchev–Trinajstić information content (AvgIpc) is 2.95. The number of alkyl halides is 3. The highest BCUT2D eigenvalue weighted by Gasteiger charge is 2.31. The van der Waals surface area contributed by atoms with Gasteiger partial charge in [-0.2, -0.15) is 13.2 Å². The lowest BCUT2D eigenvalue weighted by Gasteiger charge is -2.31. The maximum atomic E-state index is 13.1. The lowest BCUT2D eigenvalue weighted by atomic mass is 10.0. The number of aromatic nitrogens is 1. The number of pyridine rings is 1. The summed E-state index contributed by atoms with van der Waals surface area (Å²) in [5.41, 5.74) is 0.264. The van der Waals surface area contributed by atoms with Crippen molar-refractivity contribution in [3.05, 3.63) is 65.5 Å². The Bertz CT molecular complexity index is 746. The lowest BCUT2D eigenvalue weighted by molar-refractivity contribution is -0.137. The zero-order valence-corrected chi connectivity index (χ0v) is 16.1. The van der Waals surface area contributed by atoms with Crippen molar-refractivity contribution in [3.8, 4) is 0 Å². The van der Waals surface area contributed by atoms with Crippen LogP contribution in [0.3, 0.4) is 0 Å². The number of amides is 1. The molecular formula is C20H23ClF3N3O. The van der Waals surface area contributed by atoms with Crippen LogP contribution < -0.4 is 5.32 Å². The maximum Gasteiger partial charge on any atom is 0.416 e. The van der Waals surface area contributed by atoms with Crippen LogP contribution in [0, 0.1) is 0 Å². The predicted molar refractivity (Wildman–Crippen MR) is 103 cm³/mol. The molecule has 1 aliphatic rings. The number of halogens is 4. The summed E-state index contributed by atoms with van der Waals surface area (Å²) in [6.07, 6.45) is -0.137. The third-order valence-corrected chi connectivity index (χ3v) is 4.76. The molecule has 1 unspecified atom stereocenters. The smallest absolute Gasteiger partial charge is 0.330 e. The molecule has 0 radical (unpaired) electrons. The second kappa shape index (κ2) is 9.89. The van der Waals surface area contributed by atoms with Gasteiger partial charge in [0.2, 0.25) is 0 Å². The zero-order chi connectivity index (χ0) is 19.3. The monoisotopic (exact) mass is 413 g/mol. The molecule has 0 spiro atoms. The Morgan fingerprint density at radius 3 is 2.50 bits per heavy atom. The van der Waals surface area contributed by atoms with E-state index in [9.17, 15) is 18.0 Å². The Balaban J connectivity index is 0.00000280. The first-order valence-corrected chi connectivity index (χ1v) is 9.04. The number of carbonyl (C=O) groups excluding carboxylic acids is 1. The van der Waals surface area contributed by atoms with E-state index in [2.05, 4.69) is 10.3 Å². The molecule has 8 heteroatoms. The van der Waals surface area contributed by atoms with Gasteiger partial charge in [-0.1, -0.05) is 6.07 Å². The van der Waals surface area contributed by atoms with Gasteiger partial charge < -0.3 is 10.2 Å². The standard InChI is InChI=1S/C20H22F3N3O.ClH/c21-20(22,23)16-8-6-15(7-9-16)19(27)26(14-17-4-1-2-12-25-17)18-5-3-11-24-13-10-18;/h1-2,4,6-9,12,18,24H,3,5,10-11,13-14H2;1H. The van der Waals surface area contributed by atoms with Crippen LogP contribution in [0.15, 0.2) is 48.7 Å². The summed E-state index contributed by atoms with van der Waals surface area (Å²) in [5.74, 6) is -0.263. The van der Waals surface area contributed by atoms with Crippen LogP contribution in [0.1, 0.15) is 40.9 Å². The highest BCUT2D eigenvalue weighted by Crippen LogP contribution is 2.29. The molecule has 152 valence electrons. The van der Waals surface area contributed by atoms with Crippen LogP contribution >= 0.6 is 12.4 Å². The topological polar surface area (TPSA) is 45.2 Å². The van der Waals surface area contributed by atoms with Crippen molar-refractivity contribution < 1.29 is 18.0 Å². The van der Waals surface area contributed by atoms with Crippen LogP contribution in [0.2, 0.25) is 0 Å². The Morgan fingerprint density at radius 1 is 1.11 bits per heavy atom. The van der Waals surface area contributed by atoms with E-state index >= 15 is 0 Å². The predicted octanol–water partition coefficient (Wildman–Crippen LogP) is 4.31. The van der Waals surface area contributed by atoms with Gasteiger partial charge in [0, 0.05) is 17.8 Å². The summed E-state index contributed by atoms with van der Waals surface area (Å²) in [5, 5.41) is 3.32. The van der Waals surface area contributed by atoms with Crippen LogP contribution in [0.25, 0.3) is 0 Å². The van der Waals surface area contributed by atoms with Gasteiger partial charge in [0.15, 0.2) is 0 Å². The number of hydrogen-bond acceptors (Lipinski definition) is 3. The SMILES string of the molecule is Cl.O=C(c1ccc(C(F)(F)F)cc1)N(Cc1ccccn1)C1CCCNCC1. The summed E-state index contributed by atoms with van der Waals surface area (Å²) in [4.78, 5) is 19.2. The molecule has 0 bridgehead atoms. The van der Waals surface area contributed by atoms with Gasteiger partial charge in [-0.15, -0.1) is 12.4 Å². The molecule has 2 heterocycles. The van der Waals surface area contributed by atoms with Gasteiger partial charge in [-0.3, -0.25) is 9.78 Å². The molecule has 3 rings (SSSR count). The highest BCUT2D eigenvalue weighted by atomic mass is 35.5. The first kappa shape index (κ1) is 22.2. The van der Waals surface area contributed by atoms with Crippen LogP contribution in [-0.2, 0) is 12.7 Å². The van der Waals surface area contributed by atoms with E-state index in [0.717, 1.165) is 50.2 Å². The quantitative estimate of drug-likeness (QED) is 0.812. The molecule has 1 amide bonds. The Morgan fingerprint density at radius 2 is 1.86 bits per heavy atom. The maximum absolute atomic E-state index is 13.1. The third-order valence-electron chi connectivity index (χ3n) is 4.76. The third kappa shape index (κ3) is 5.69. The summed E-state index contributed by atoms with van der Waals surface area (Å²) >= 11 is 0. The van der Waals surface area contributed by atoms with Gasteiger partial charge in [0.1, 0.15) is 0 Å². The minimum atomic E-state index is -4.41. The second-order valence-corrected chi connectivity index (χ2v) is 6.66. The lowest BCUT2D eigenvalue weighted by Crippen LogP contribution is -2.40. The molecule has 1 aliphatic heterocycles. The molecule has 1 aromatic carbocycles. The number of hydrogen-bond donors (Lipinski definition) is 1. The van der Waals surface area contributed by atoms with E-state index < -0.39 is 11.7 Å². The molecule has 28 heavy (non-hydrogen) atoms. The van der Waals surface area contributed by atoms with E-state index in [1.54, 1.807) is 17.2 Å². The van der Waals surface area contributed by atoms with Crippen molar-refractivity contribution in [1.82, 2.24) is 15.2 Å². The van der Waals surface area contributed by atoms with Gasteiger partial charge in [-0.25, -0.2) is 0 Å². The summed E-state index contributed by atoms with van der Waals surface area (Å²) in [7, 11) is 0. The number of rotatable bonds is 4. The van der Waals surface area contributed by atoms with Gasteiger partial charge in [0.05, 0.1) is 17.8 Å². The fourth-order valence-electron chi connectivity index (χ4n) is 3.31. The largest absolute Gasteiger partial charge is 0.416 e. The first-order chi connectivity index (χ1) is 12.9. The Kier molecular flexibility index (Phi) is 7.83. The molecule has 4 nitrogen and oxygen atoms in total. The summed E-state index contributed by atoms with van der Waals surface area (Å²) < 4.78 is 38.4. The normalized spacial score (nSPS) is 17.3. The zero-order valence-electron chi connectivity index (χ0n) is 15.3. The van der Waals surface area contributed by atoms with Crippen molar-refractivity contribution in [2.45, 2.75) is 38.0 Å². The van der Waals surface area contributed by atoms with E-state index in [0.29, 0.717) is 6.54 Å². The fourth-order valence-corrected chi connectivity index (χ4v) is 3.31. The van der Waals surface area contributed by atoms with Crippen molar-refractivity contribution in [2.75, 3.05) is 13.1 Å². The van der Waals surface area contributed by atoms with Crippen molar-refractivity contribution in [3.63, 3.8) is 0 Å². The number of nitrogens with one attached hydrogen (secondary N) is 1. The van der Waals surface area contributed by atoms with E-state index in [1.165, 1.54) is 12.1 Å². The summed E-state index contributed by atoms with van der Waals surface area (Å²) in [6.45, 7) is 2.05. The molecular weight excluding hydrogens is 391 g/mol. The molecule has 2 aromatic rings. The van der Waals surface area contributed by atoms with Crippen LogP contribution in [0.4, 0.5) is 13.2 Å². The molecule has 0 saturated carbocycles. The molecule has 1 atom stereocenters. The minimum Gasteiger partial charge on any atom is -0.330 e. The van der Waals surface area contributed by atoms with Crippen molar-refractivity contribution in [2.24, 2.45) is 0 Å². The number of nitrogens with zero attached hydrogens (tertiary/aromatic N) is 2. The Hall–Kier alpha value is -2.12. The molecule has 1 fully saturated rings. The second-order valence-electron chi connectivity index (χ2n) is 6.66. The van der Waals surface area contributed by atoms with Crippen molar-refractivity contribution >= 4 is 18.3 Å². The molecule has 1 aromatic heterocycles. The molecule has 1 N–H and O–H groups in total. The first-order valence-electron chi connectivity index (χ1n) is 9.04. The van der Waals surface area contributed by atoms with E-state index in [-0.39, 0.29) is 29.9 Å². The van der Waals surface area contributed by atoms with E-state index in [4.69, 9.17) is 0 Å². The van der Waals surface area contributed by atoms with Gasteiger partial charge >= 0.3 is 6.18 Å². The van der Waals surface area contributed by atoms with Crippen LogP contribution in [0.5, 0.6) is 0 Å².